The third kappa shape index (κ3) is 4.60. The zero-order chi connectivity index (χ0) is 22.9. The summed E-state index contributed by atoms with van der Waals surface area (Å²) in [7, 11) is 0. The van der Waals surface area contributed by atoms with E-state index in [1.54, 1.807) is 6.92 Å². The average molecular weight is 463 g/mol. The molecule has 1 aromatic heterocycles. The number of amides is 1. The van der Waals surface area contributed by atoms with E-state index in [-0.39, 0.29) is 16.4 Å². The number of aryl methyl sites for hydroxylation is 1. The topological polar surface area (TPSA) is 50.2 Å². The van der Waals surface area contributed by atoms with Crippen LogP contribution in [-0.4, -0.2) is 28.8 Å². The van der Waals surface area contributed by atoms with Crippen molar-refractivity contribution in [1.29, 1.82) is 0 Å². The number of carbonyl (C=O) groups excluding carboxylic acids is 1. The number of anilines is 2. The van der Waals surface area contributed by atoms with E-state index in [4.69, 9.17) is 11.6 Å². The molecule has 0 bridgehead atoms. The third-order valence-electron chi connectivity index (χ3n) is 5.49. The summed E-state index contributed by atoms with van der Waals surface area (Å²) in [4.78, 5) is 15.1. The molecule has 0 radical (unpaired) electrons. The van der Waals surface area contributed by atoms with E-state index < -0.39 is 17.6 Å². The average Bonchev–Trinajstić information content (AvgIpc) is 3.36. The molecule has 1 saturated heterocycles. The highest BCUT2D eigenvalue weighted by Crippen LogP contribution is 2.37. The molecule has 1 aliphatic heterocycles. The number of aromatic nitrogens is 2. The zero-order valence-electron chi connectivity index (χ0n) is 17.4. The summed E-state index contributed by atoms with van der Waals surface area (Å²) in [6, 6.07) is 12.9. The summed E-state index contributed by atoms with van der Waals surface area (Å²) in [5, 5.41) is 7.15. The van der Waals surface area contributed by atoms with Crippen molar-refractivity contribution in [3.8, 4) is 0 Å². The molecule has 9 heteroatoms. The Hall–Kier alpha value is -3.00. The first kappa shape index (κ1) is 22.2. The molecule has 1 aliphatic rings. The number of benzene rings is 2. The molecule has 2 aromatic carbocycles. The molecule has 0 saturated carbocycles. The molecule has 1 N–H and O–H groups in total. The van der Waals surface area contributed by atoms with Crippen molar-refractivity contribution in [2.24, 2.45) is 0 Å². The molecule has 2 heterocycles. The highest BCUT2D eigenvalue weighted by atomic mass is 35.5. The van der Waals surface area contributed by atoms with Crippen molar-refractivity contribution < 1.29 is 18.0 Å². The minimum atomic E-state index is -4.52. The van der Waals surface area contributed by atoms with Crippen molar-refractivity contribution >= 4 is 28.9 Å². The van der Waals surface area contributed by atoms with E-state index in [9.17, 15) is 18.0 Å². The number of alkyl halides is 3. The number of nitrogens with one attached hydrogen (secondary N) is 1. The molecule has 32 heavy (non-hydrogen) atoms. The van der Waals surface area contributed by atoms with Gasteiger partial charge in [-0.1, -0.05) is 41.9 Å². The number of carbonyl (C=O) groups is 1. The van der Waals surface area contributed by atoms with Crippen molar-refractivity contribution in [2.45, 2.75) is 32.5 Å². The maximum atomic E-state index is 13.3. The van der Waals surface area contributed by atoms with Crippen LogP contribution in [0.5, 0.6) is 0 Å². The second kappa shape index (κ2) is 8.86. The minimum Gasteiger partial charge on any atom is -0.370 e. The first-order chi connectivity index (χ1) is 15.2. The van der Waals surface area contributed by atoms with Gasteiger partial charge in [0.25, 0.3) is 5.91 Å². The van der Waals surface area contributed by atoms with E-state index in [0.717, 1.165) is 43.6 Å². The van der Waals surface area contributed by atoms with Gasteiger partial charge in [0.1, 0.15) is 5.15 Å². The quantitative estimate of drug-likeness (QED) is 0.524. The molecule has 1 amide bonds. The molecule has 0 spiro atoms. The lowest BCUT2D eigenvalue weighted by Gasteiger charge is -2.23. The fraction of sp³-hybridized carbons (Fsp3) is 0.304. The molecule has 0 atom stereocenters. The normalized spacial score (nSPS) is 14.1. The van der Waals surface area contributed by atoms with Gasteiger partial charge in [0.15, 0.2) is 0 Å². The Morgan fingerprint density at radius 2 is 1.81 bits per heavy atom. The molecule has 1 fully saturated rings. The first-order valence-corrected chi connectivity index (χ1v) is 10.7. The van der Waals surface area contributed by atoms with E-state index in [2.05, 4.69) is 10.4 Å². The standard InChI is InChI=1S/C23H22ClF3N4O/c1-15-20(21(24)31(29-15)14-16-7-3-2-4-8-16)22(32)28-18-13-17(23(25,26)27)9-10-19(18)30-11-5-6-12-30/h2-4,7-10,13H,5-6,11-12,14H2,1H3,(H,28,32). The molecule has 168 valence electrons. The van der Waals surface area contributed by atoms with E-state index >= 15 is 0 Å². The van der Waals surface area contributed by atoms with Gasteiger partial charge in [-0.2, -0.15) is 18.3 Å². The monoisotopic (exact) mass is 462 g/mol. The molecule has 3 aromatic rings. The predicted octanol–water partition coefficient (Wildman–Crippen LogP) is 5.76. The molecule has 4 rings (SSSR count). The Balaban J connectivity index is 1.65. The maximum absolute atomic E-state index is 13.3. The summed E-state index contributed by atoms with van der Waals surface area (Å²) < 4.78 is 41.5. The van der Waals surface area contributed by atoms with Crippen molar-refractivity contribution in [2.75, 3.05) is 23.3 Å². The third-order valence-corrected chi connectivity index (χ3v) is 5.87. The molecular weight excluding hydrogens is 441 g/mol. The van der Waals surface area contributed by atoms with Gasteiger partial charge in [-0.3, -0.25) is 4.79 Å². The van der Waals surface area contributed by atoms with Gasteiger partial charge >= 0.3 is 6.18 Å². The second-order valence-electron chi connectivity index (χ2n) is 7.77. The molecule has 0 aliphatic carbocycles. The van der Waals surface area contributed by atoms with Crippen molar-refractivity contribution in [3.63, 3.8) is 0 Å². The van der Waals surface area contributed by atoms with Gasteiger partial charge in [0, 0.05) is 13.1 Å². The van der Waals surface area contributed by atoms with Crippen LogP contribution < -0.4 is 10.2 Å². The number of halogens is 4. The molecule has 5 nitrogen and oxygen atoms in total. The zero-order valence-corrected chi connectivity index (χ0v) is 18.2. The van der Waals surface area contributed by atoms with Crippen LogP contribution in [0.4, 0.5) is 24.5 Å². The Bertz CT molecular complexity index is 1120. The lowest BCUT2D eigenvalue weighted by atomic mass is 10.1. The highest BCUT2D eigenvalue weighted by Gasteiger charge is 2.32. The van der Waals surface area contributed by atoms with Gasteiger partial charge < -0.3 is 10.2 Å². The number of hydrogen-bond donors (Lipinski definition) is 1. The molecule has 0 unspecified atom stereocenters. The summed E-state index contributed by atoms with van der Waals surface area (Å²) in [6.07, 6.45) is -2.62. The van der Waals surface area contributed by atoms with Crippen LogP contribution in [0.25, 0.3) is 0 Å². The van der Waals surface area contributed by atoms with Crippen LogP contribution in [0.2, 0.25) is 5.15 Å². The van der Waals surface area contributed by atoms with Crippen LogP contribution in [-0.2, 0) is 12.7 Å². The summed E-state index contributed by atoms with van der Waals surface area (Å²) in [6.45, 7) is 3.47. The summed E-state index contributed by atoms with van der Waals surface area (Å²) >= 11 is 6.46. The van der Waals surface area contributed by atoms with E-state index in [1.807, 2.05) is 35.2 Å². The van der Waals surface area contributed by atoms with Crippen molar-refractivity contribution in [1.82, 2.24) is 9.78 Å². The van der Waals surface area contributed by atoms with Crippen LogP contribution in [0.3, 0.4) is 0 Å². The van der Waals surface area contributed by atoms with Crippen molar-refractivity contribution in [3.05, 3.63) is 76.1 Å². The lowest BCUT2D eigenvalue weighted by Crippen LogP contribution is -2.22. The van der Waals surface area contributed by atoms with Gasteiger partial charge in [0.05, 0.1) is 34.7 Å². The fourth-order valence-electron chi connectivity index (χ4n) is 3.90. The Labute approximate surface area is 188 Å². The van der Waals surface area contributed by atoms with Gasteiger partial charge in [-0.05, 0) is 43.5 Å². The van der Waals surface area contributed by atoms with Gasteiger partial charge in [-0.25, -0.2) is 4.68 Å². The largest absolute Gasteiger partial charge is 0.416 e. The smallest absolute Gasteiger partial charge is 0.370 e. The predicted molar refractivity (Wildman–Crippen MR) is 118 cm³/mol. The Kier molecular flexibility index (Phi) is 6.15. The number of rotatable bonds is 5. The maximum Gasteiger partial charge on any atom is 0.416 e. The number of hydrogen-bond acceptors (Lipinski definition) is 3. The lowest BCUT2D eigenvalue weighted by molar-refractivity contribution is -0.137. The minimum absolute atomic E-state index is 0.109. The fourth-order valence-corrected chi connectivity index (χ4v) is 4.22. The Morgan fingerprint density at radius 1 is 1.12 bits per heavy atom. The van der Waals surface area contributed by atoms with Crippen LogP contribution >= 0.6 is 11.6 Å². The van der Waals surface area contributed by atoms with E-state index in [1.165, 1.54) is 10.7 Å². The second-order valence-corrected chi connectivity index (χ2v) is 8.13. The van der Waals surface area contributed by atoms with Crippen LogP contribution in [0.15, 0.2) is 48.5 Å². The first-order valence-electron chi connectivity index (χ1n) is 10.3. The number of nitrogens with zero attached hydrogens (tertiary/aromatic N) is 3. The van der Waals surface area contributed by atoms with Gasteiger partial charge in [-0.15, -0.1) is 0 Å². The Morgan fingerprint density at radius 3 is 2.47 bits per heavy atom. The summed E-state index contributed by atoms with van der Waals surface area (Å²) in [5.74, 6) is -0.591. The van der Waals surface area contributed by atoms with Gasteiger partial charge in [0.2, 0.25) is 0 Å². The molecular formula is C23H22ClF3N4O. The highest BCUT2D eigenvalue weighted by molar-refractivity contribution is 6.33. The van der Waals surface area contributed by atoms with Crippen LogP contribution in [0, 0.1) is 6.92 Å². The SMILES string of the molecule is Cc1nn(Cc2ccccc2)c(Cl)c1C(=O)Nc1cc(C(F)(F)F)ccc1N1CCCC1. The summed E-state index contributed by atoms with van der Waals surface area (Å²) in [5.41, 5.74) is 1.36. The van der Waals surface area contributed by atoms with E-state index in [0.29, 0.717) is 17.9 Å². The van der Waals surface area contributed by atoms with Crippen LogP contribution in [0.1, 0.15) is 40.0 Å².